The highest BCUT2D eigenvalue weighted by atomic mass is 79.9. The van der Waals surface area contributed by atoms with Gasteiger partial charge in [-0.05, 0) is 61.2 Å². The summed E-state index contributed by atoms with van der Waals surface area (Å²) in [5.74, 6) is -0.705. The number of fused-ring (bicyclic) bond motifs is 1. The predicted molar refractivity (Wildman–Crippen MR) is 125 cm³/mol. The van der Waals surface area contributed by atoms with Crippen LogP contribution in [0.1, 0.15) is 39.0 Å². The summed E-state index contributed by atoms with van der Waals surface area (Å²) in [5, 5.41) is 11.5. The van der Waals surface area contributed by atoms with Crippen LogP contribution in [0.5, 0.6) is 0 Å². The second kappa shape index (κ2) is 8.40. The number of nitrogens with zero attached hydrogens (tertiary/aromatic N) is 1. The smallest absolute Gasteiger partial charge is 0.264 e. The molecule has 1 N–H and O–H groups in total. The highest BCUT2D eigenvalue weighted by molar-refractivity contribution is 9.10. The summed E-state index contributed by atoms with van der Waals surface area (Å²) in [6.45, 7) is 4.35. The minimum absolute atomic E-state index is 0.255. The van der Waals surface area contributed by atoms with Gasteiger partial charge in [-0.25, -0.2) is 0 Å². The molecular weight excluding hydrogens is 454 g/mol. The van der Waals surface area contributed by atoms with Gasteiger partial charge in [0.25, 0.3) is 5.91 Å². The van der Waals surface area contributed by atoms with E-state index < -0.39 is 11.5 Å². The summed E-state index contributed by atoms with van der Waals surface area (Å²) in [6, 6.07) is 20.8. The fraction of sp³-hybridized carbons (Fsp3) is 0.231. The quantitative estimate of drug-likeness (QED) is 0.501. The number of aryl methyl sites for hydroxylation is 2. The molecule has 1 amide bonds. The molecule has 3 aromatic rings. The van der Waals surface area contributed by atoms with Crippen molar-refractivity contribution in [3.63, 3.8) is 0 Å². The lowest BCUT2D eigenvalue weighted by Gasteiger charge is -2.23. The number of amides is 1. The fourth-order valence-corrected chi connectivity index (χ4v) is 4.41. The van der Waals surface area contributed by atoms with Gasteiger partial charge in [-0.15, -0.1) is 0 Å². The van der Waals surface area contributed by atoms with Crippen LogP contribution < -0.4 is 4.90 Å². The molecule has 0 aliphatic carbocycles. The van der Waals surface area contributed by atoms with Crippen LogP contribution in [-0.4, -0.2) is 23.3 Å². The first kappa shape index (κ1) is 21.5. The maximum absolute atomic E-state index is 13.4. The van der Waals surface area contributed by atoms with E-state index in [0.717, 1.165) is 21.2 Å². The van der Waals surface area contributed by atoms with E-state index in [-0.39, 0.29) is 12.2 Å². The van der Waals surface area contributed by atoms with E-state index in [1.807, 2.05) is 68.4 Å². The lowest BCUT2D eigenvalue weighted by molar-refractivity contribution is -0.135. The first-order chi connectivity index (χ1) is 14.8. The van der Waals surface area contributed by atoms with Crippen molar-refractivity contribution in [2.75, 3.05) is 11.4 Å². The summed E-state index contributed by atoms with van der Waals surface area (Å²) in [6.07, 6.45) is 0.364. The molecule has 0 saturated carbocycles. The Kier molecular flexibility index (Phi) is 5.82. The molecule has 1 aliphatic rings. The molecule has 1 aliphatic heterocycles. The van der Waals surface area contributed by atoms with E-state index in [2.05, 4.69) is 15.9 Å². The van der Waals surface area contributed by atoms with Crippen molar-refractivity contribution in [3.05, 3.63) is 99.0 Å². The van der Waals surface area contributed by atoms with Crippen LogP contribution in [0.25, 0.3) is 0 Å². The molecule has 0 aromatic heterocycles. The van der Waals surface area contributed by atoms with Crippen molar-refractivity contribution in [2.45, 2.75) is 32.3 Å². The van der Waals surface area contributed by atoms with E-state index in [4.69, 9.17) is 0 Å². The molecule has 158 valence electrons. The highest BCUT2D eigenvalue weighted by Crippen LogP contribution is 2.44. The van der Waals surface area contributed by atoms with Crippen LogP contribution in [0, 0.1) is 13.8 Å². The van der Waals surface area contributed by atoms with Crippen LogP contribution in [0.2, 0.25) is 0 Å². The molecule has 3 aromatic carbocycles. The number of hydrogen-bond acceptors (Lipinski definition) is 3. The lowest BCUT2D eigenvalue weighted by atomic mass is 9.87. The molecule has 31 heavy (non-hydrogen) atoms. The summed E-state index contributed by atoms with van der Waals surface area (Å²) < 4.78 is 0.751. The molecule has 0 spiro atoms. The van der Waals surface area contributed by atoms with E-state index in [1.165, 1.54) is 0 Å². The van der Waals surface area contributed by atoms with Gasteiger partial charge < -0.3 is 10.0 Å². The molecule has 0 radical (unpaired) electrons. The molecule has 4 nitrogen and oxygen atoms in total. The number of benzene rings is 3. The zero-order chi connectivity index (χ0) is 22.2. The highest BCUT2D eigenvalue weighted by Gasteiger charge is 2.50. The minimum atomic E-state index is -1.88. The first-order valence-electron chi connectivity index (χ1n) is 10.3. The zero-order valence-corrected chi connectivity index (χ0v) is 19.1. The van der Waals surface area contributed by atoms with Crippen molar-refractivity contribution >= 4 is 33.3 Å². The Morgan fingerprint density at radius 3 is 2.45 bits per heavy atom. The second-order valence-electron chi connectivity index (χ2n) is 8.11. The maximum atomic E-state index is 13.4. The van der Waals surface area contributed by atoms with Crippen LogP contribution in [-0.2, 0) is 16.8 Å². The second-order valence-corrected chi connectivity index (χ2v) is 9.03. The van der Waals surface area contributed by atoms with Crippen LogP contribution >= 0.6 is 15.9 Å². The number of anilines is 1. The van der Waals surface area contributed by atoms with Crippen molar-refractivity contribution < 1.29 is 14.7 Å². The summed E-state index contributed by atoms with van der Waals surface area (Å²) >= 11 is 3.43. The van der Waals surface area contributed by atoms with Gasteiger partial charge in [-0.1, -0.05) is 58.4 Å². The number of aliphatic hydroxyl groups is 1. The largest absolute Gasteiger partial charge is 0.375 e. The average molecular weight is 478 g/mol. The Labute approximate surface area is 190 Å². The monoisotopic (exact) mass is 477 g/mol. The summed E-state index contributed by atoms with van der Waals surface area (Å²) in [7, 11) is 0. The third-order valence-electron chi connectivity index (χ3n) is 6.01. The molecule has 5 heteroatoms. The van der Waals surface area contributed by atoms with Crippen LogP contribution in [0.3, 0.4) is 0 Å². The Bertz CT molecular complexity index is 1160. The lowest BCUT2D eigenvalue weighted by Crippen LogP contribution is -2.42. The average Bonchev–Trinajstić information content (AvgIpc) is 2.95. The van der Waals surface area contributed by atoms with Gasteiger partial charge >= 0.3 is 0 Å². The molecule has 1 atom stereocenters. The Morgan fingerprint density at radius 1 is 1.00 bits per heavy atom. The van der Waals surface area contributed by atoms with Gasteiger partial charge in [0, 0.05) is 22.1 Å². The maximum Gasteiger partial charge on any atom is 0.264 e. The predicted octanol–water partition coefficient (Wildman–Crippen LogP) is 5.12. The van der Waals surface area contributed by atoms with E-state index in [1.54, 1.807) is 17.0 Å². The fourth-order valence-electron chi connectivity index (χ4n) is 4.05. The Morgan fingerprint density at radius 2 is 1.74 bits per heavy atom. The molecule has 4 rings (SSSR count). The van der Waals surface area contributed by atoms with Crippen molar-refractivity contribution in [1.29, 1.82) is 0 Å². The summed E-state index contributed by atoms with van der Waals surface area (Å²) in [4.78, 5) is 28.1. The topological polar surface area (TPSA) is 57.6 Å². The Hall–Kier alpha value is -2.76. The number of hydrogen-bond donors (Lipinski definition) is 1. The SMILES string of the molecule is Cc1ccc(C(=O)CC2(O)C(=O)N(CCc3ccccc3)c3ccc(Br)cc32)cc1C. The number of Topliss-reactive ketones (excluding diaryl/α,β-unsaturated/α-hetero) is 1. The molecule has 0 saturated heterocycles. The van der Waals surface area contributed by atoms with E-state index >= 15 is 0 Å². The van der Waals surface area contributed by atoms with Gasteiger partial charge in [0.05, 0.1) is 12.1 Å². The van der Waals surface area contributed by atoms with Crippen LogP contribution in [0.4, 0.5) is 5.69 Å². The third kappa shape index (κ3) is 4.08. The van der Waals surface area contributed by atoms with Crippen LogP contribution in [0.15, 0.2) is 71.2 Å². The zero-order valence-electron chi connectivity index (χ0n) is 17.6. The number of carbonyl (C=O) groups is 2. The first-order valence-corrected chi connectivity index (χ1v) is 11.1. The van der Waals surface area contributed by atoms with E-state index in [0.29, 0.717) is 29.8 Å². The van der Waals surface area contributed by atoms with Gasteiger partial charge in [-0.3, -0.25) is 9.59 Å². The van der Waals surface area contributed by atoms with Gasteiger partial charge in [0.1, 0.15) is 0 Å². The normalized spacial score (nSPS) is 17.7. The van der Waals surface area contributed by atoms with Crippen molar-refractivity contribution in [1.82, 2.24) is 0 Å². The minimum Gasteiger partial charge on any atom is -0.375 e. The summed E-state index contributed by atoms with van der Waals surface area (Å²) in [5.41, 5.74) is 2.94. The van der Waals surface area contributed by atoms with Gasteiger partial charge in [0.15, 0.2) is 11.4 Å². The molecule has 1 unspecified atom stereocenters. The van der Waals surface area contributed by atoms with E-state index in [9.17, 15) is 14.7 Å². The number of rotatable bonds is 6. The van der Waals surface area contributed by atoms with Crippen molar-refractivity contribution in [3.8, 4) is 0 Å². The number of carbonyl (C=O) groups excluding carboxylic acids is 2. The number of halogens is 1. The molecule has 0 bridgehead atoms. The standard InChI is InChI=1S/C26H24BrNO3/c1-17-8-9-20(14-18(17)2)24(29)16-26(31)22-15-21(27)10-11-23(22)28(25(26)30)13-12-19-6-4-3-5-7-19/h3-11,14-15,31H,12-13,16H2,1-2H3. The number of ketones is 1. The van der Waals surface area contributed by atoms with Crippen molar-refractivity contribution in [2.24, 2.45) is 0 Å². The van der Waals surface area contributed by atoms with Gasteiger partial charge in [-0.2, -0.15) is 0 Å². The molecule has 1 heterocycles. The van der Waals surface area contributed by atoms with Gasteiger partial charge in [0.2, 0.25) is 0 Å². The Balaban J connectivity index is 1.65. The third-order valence-corrected chi connectivity index (χ3v) is 6.50. The molecular formula is C26H24BrNO3. The molecule has 0 fully saturated rings.